The minimum absolute atomic E-state index is 0.0626. The molecule has 3 rings (SSSR count). The van der Waals surface area contributed by atoms with Crippen molar-refractivity contribution >= 4 is 15.7 Å². The molecule has 3 aromatic rings. The zero-order valence-corrected chi connectivity index (χ0v) is 19.9. The van der Waals surface area contributed by atoms with Crippen molar-refractivity contribution in [2.24, 2.45) is 0 Å². The Labute approximate surface area is 193 Å². The van der Waals surface area contributed by atoms with Gasteiger partial charge in [-0.3, -0.25) is 4.31 Å². The number of ether oxygens (including phenoxy) is 4. The number of hydrogen-bond acceptors (Lipinski definition) is 6. The second kappa shape index (κ2) is 9.99. The van der Waals surface area contributed by atoms with Crippen LogP contribution in [-0.4, -0.2) is 36.9 Å². The maximum absolute atomic E-state index is 13.8. The van der Waals surface area contributed by atoms with Gasteiger partial charge in [0.15, 0.2) is 11.5 Å². The van der Waals surface area contributed by atoms with Crippen LogP contribution in [0.1, 0.15) is 18.5 Å². The van der Waals surface area contributed by atoms with Gasteiger partial charge in [-0.2, -0.15) is 0 Å². The number of sulfonamides is 1. The van der Waals surface area contributed by atoms with Gasteiger partial charge in [0.05, 0.1) is 45.1 Å². The van der Waals surface area contributed by atoms with Gasteiger partial charge < -0.3 is 18.9 Å². The summed E-state index contributed by atoms with van der Waals surface area (Å²) in [6.07, 6.45) is 0. The Morgan fingerprint density at radius 3 is 1.94 bits per heavy atom. The van der Waals surface area contributed by atoms with Crippen molar-refractivity contribution in [2.75, 3.05) is 32.7 Å². The molecule has 0 fully saturated rings. The van der Waals surface area contributed by atoms with E-state index in [-0.39, 0.29) is 4.90 Å². The summed E-state index contributed by atoms with van der Waals surface area (Å²) in [7, 11) is 1.86. The van der Waals surface area contributed by atoms with E-state index in [4.69, 9.17) is 18.9 Å². The summed E-state index contributed by atoms with van der Waals surface area (Å²) in [6, 6.07) is 13.9. The maximum atomic E-state index is 13.8. The van der Waals surface area contributed by atoms with Crippen LogP contribution in [-0.2, 0) is 10.0 Å². The van der Waals surface area contributed by atoms with Crippen molar-refractivity contribution in [1.82, 2.24) is 0 Å². The van der Waals surface area contributed by atoms with Gasteiger partial charge in [-0.15, -0.1) is 0 Å². The molecule has 0 aromatic heterocycles. The summed E-state index contributed by atoms with van der Waals surface area (Å²) in [5.41, 5.74) is 0.909. The molecule has 0 aliphatic carbocycles. The average molecular weight is 476 g/mol. The first-order chi connectivity index (χ1) is 15.8. The van der Waals surface area contributed by atoms with E-state index in [0.29, 0.717) is 34.2 Å². The first-order valence-electron chi connectivity index (χ1n) is 10.0. The van der Waals surface area contributed by atoms with Gasteiger partial charge in [0.1, 0.15) is 17.3 Å². The zero-order chi connectivity index (χ0) is 24.2. The van der Waals surface area contributed by atoms with E-state index in [1.54, 1.807) is 43.3 Å². The lowest BCUT2D eigenvalue weighted by molar-refractivity contribution is 0.355. The van der Waals surface area contributed by atoms with Gasteiger partial charge in [-0.05, 0) is 61.5 Å². The summed E-state index contributed by atoms with van der Waals surface area (Å²) < 4.78 is 63.9. The molecule has 1 atom stereocenters. The second-order valence-corrected chi connectivity index (χ2v) is 8.89. The fourth-order valence-electron chi connectivity index (χ4n) is 3.54. The number of hydrogen-bond donors (Lipinski definition) is 0. The molecule has 7 nitrogen and oxygen atoms in total. The number of nitrogens with zero attached hydrogens (tertiary/aromatic N) is 1. The van der Waals surface area contributed by atoms with Crippen molar-refractivity contribution in [2.45, 2.75) is 17.9 Å². The molecule has 0 saturated carbocycles. The summed E-state index contributed by atoms with van der Waals surface area (Å²) in [5.74, 6) is 1.31. The molecular weight excluding hydrogens is 449 g/mol. The van der Waals surface area contributed by atoms with Crippen molar-refractivity contribution in [3.05, 3.63) is 72.0 Å². The highest BCUT2D eigenvalue weighted by molar-refractivity contribution is 7.92. The molecule has 0 bridgehead atoms. The number of methoxy groups -OCH3 is 4. The van der Waals surface area contributed by atoms with Crippen LogP contribution in [0.2, 0.25) is 0 Å². The molecule has 0 N–H and O–H groups in total. The van der Waals surface area contributed by atoms with Crippen molar-refractivity contribution in [1.29, 1.82) is 0 Å². The highest BCUT2D eigenvalue weighted by atomic mass is 32.2. The van der Waals surface area contributed by atoms with Crippen molar-refractivity contribution in [3.8, 4) is 23.0 Å². The van der Waals surface area contributed by atoms with E-state index in [1.165, 1.54) is 44.9 Å². The molecule has 0 aliphatic heterocycles. The Balaban J connectivity index is 2.25. The van der Waals surface area contributed by atoms with Gasteiger partial charge in [0.25, 0.3) is 10.0 Å². The molecule has 33 heavy (non-hydrogen) atoms. The van der Waals surface area contributed by atoms with Crippen molar-refractivity contribution < 1.29 is 31.8 Å². The van der Waals surface area contributed by atoms with Crippen molar-refractivity contribution in [3.63, 3.8) is 0 Å². The SMILES string of the molecule is COc1ccc(OC)c(C(C)N(c2ccc(OC)c(OC)c2)S(=O)(=O)c2ccc(F)cc2)c1. The number of rotatable bonds is 9. The Bertz CT molecular complexity index is 1210. The standard InChI is InChI=1S/C24H26FNO6S/c1-16(21-15-19(29-2)9-13-22(21)30-3)26(18-8-12-23(31-4)24(14-18)32-5)33(27,28)20-10-6-17(25)7-11-20/h6-16H,1-5H3. The Morgan fingerprint density at radius 1 is 0.758 bits per heavy atom. The Hall–Kier alpha value is -3.46. The molecule has 0 aliphatic rings. The maximum Gasteiger partial charge on any atom is 0.264 e. The Kier molecular flexibility index (Phi) is 7.33. The first-order valence-corrected chi connectivity index (χ1v) is 11.4. The van der Waals surface area contributed by atoms with Crippen LogP contribution in [0.15, 0.2) is 65.6 Å². The Morgan fingerprint density at radius 2 is 1.36 bits per heavy atom. The van der Waals surface area contributed by atoms with Gasteiger partial charge in [-0.1, -0.05) is 0 Å². The fourth-order valence-corrected chi connectivity index (χ4v) is 5.17. The number of benzene rings is 3. The molecule has 0 amide bonds. The van der Waals surface area contributed by atoms with Gasteiger partial charge in [0.2, 0.25) is 0 Å². The van der Waals surface area contributed by atoms with E-state index in [1.807, 2.05) is 0 Å². The van der Waals surface area contributed by atoms with Crippen LogP contribution in [0.5, 0.6) is 23.0 Å². The van der Waals surface area contributed by atoms with E-state index in [2.05, 4.69) is 0 Å². The highest BCUT2D eigenvalue weighted by Crippen LogP contribution is 2.41. The molecule has 0 heterocycles. The molecule has 176 valence electrons. The summed E-state index contributed by atoms with van der Waals surface area (Å²) >= 11 is 0. The molecule has 0 radical (unpaired) electrons. The average Bonchev–Trinajstić information content (AvgIpc) is 2.83. The van der Waals surface area contributed by atoms with Crippen LogP contribution in [0.25, 0.3) is 0 Å². The van der Waals surface area contributed by atoms with Gasteiger partial charge in [-0.25, -0.2) is 12.8 Å². The number of anilines is 1. The first kappa shape index (κ1) is 24.2. The third-order valence-corrected chi connectivity index (χ3v) is 7.14. The van der Waals surface area contributed by atoms with E-state index in [9.17, 15) is 12.8 Å². The molecule has 3 aromatic carbocycles. The van der Waals surface area contributed by atoms with Crippen LogP contribution in [0, 0.1) is 5.82 Å². The molecule has 9 heteroatoms. The molecular formula is C24H26FNO6S. The summed E-state index contributed by atoms with van der Waals surface area (Å²) in [5, 5.41) is 0. The predicted molar refractivity (Wildman–Crippen MR) is 124 cm³/mol. The van der Waals surface area contributed by atoms with Crippen LogP contribution >= 0.6 is 0 Å². The summed E-state index contributed by atoms with van der Waals surface area (Å²) in [4.78, 5) is -0.0626. The zero-order valence-electron chi connectivity index (χ0n) is 19.0. The lowest BCUT2D eigenvalue weighted by atomic mass is 10.1. The van der Waals surface area contributed by atoms with Crippen LogP contribution in [0.3, 0.4) is 0 Å². The lowest BCUT2D eigenvalue weighted by Gasteiger charge is -2.32. The van der Waals surface area contributed by atoms with E-state index >= 15 is 0 Å². The minimum atomic E-state index is -4.13. The largest absolute Gasteiger partial charge is 0.497 e. The summed E-state index contributed by atoms with van der Waals surface area (Å²) in [6.45, 7) is 1.73. The molecule has 0 spiro atoms. The minimum Gasteiger partial charge on any atom is -0.497 e. The predicted octanol–water partition coefficient (Wildman–Crippen LogP) is 4.82. The second-order valence-electron chi connectivity index (χ2n) is 7.08. The lowest BCUT2D eigenvalue weighted by Crippen LogP contribution is -2.34. The smallest absolute Gasteiger partial charge is 0.264 e. The normalized spacial score (nSPS) is 12.1. The molecule has 0 saturated heterocycles. The van der Waals surface area contributed by atoms with E-state index in [0.717, 1.165) is 12.1 Å². The number of halogens is 1. The van der Waals surface area contributed by atoms with Gasteiger partial charge in [0, 0.05) is 11.6 Å². The van der Waals surface area contributed by atoms with E-state index < -0.39 is 21.9 Å². The topological polar surface area (TPSA) is 74.3 Å². The van der Waals surface area contributed by atoms with Gasteiger partial charge >= 0.3 is 0 Å². The monoisotopic (exact) mass is 475 g/mol. The third kappa shape index (κ3) is 4.83. The van der Waals surface area contributed by atoms with Crippen LogP contribution in [0.4, 0.5) is 10.1 Å². The highest BCUT2D eigenvalue weighted by Gasteiger charge is 2.33. The fraction of sp³-hybridized carbons (Fsp3) is 0.250. The quantitative estimate of drug-likeness (QED) is 0.442. The molecule has 1 unspecified atom stereocenters. The van der Waals surface area contributed by atoms with Crippen LogP contribution < -0.4 is 23.3 Å². The third-order valence-electron chi connectivity index (χ3n) is 5.23.